The van der Waals surface area contributed by atoms with Gasteiger partial charge in [0.15, 0.2) is 11.5 Å². The van der Waals surface area contributed by atoms with Crippen molar-refractivity contribution < 1.29 is 9.47 Å². The average Bonchev–Trinajstić information content (AvgIpc) is 2.36. The molecule has 1 aromatic rings. The predicted molar refractivity (Wildman–Crippen MR) is 74.2 cm³/mol. The molecule has 18 heavy (non-hydrogen) atoms. The first kappa shape index (κ1) is 14.8. The molecular formula is C14H24N2O2. The van der Waals surface area contributed by atoms with Gasteiger partial charge < -0.3 is 20.1 Å². The minimum atomic E-state index is -0.139. The van der Waals surface area contributed by atoms with Crippen LogP contribution in [0.25, 0.3) is 0 Å². The Hall–Kier alpha value is -1.26. The van der Waals surface area contributed by atoms with Crippen LogP contribution in [0.15, 0.2) is 18.2 Å². The molecule has 0 aromatic heterocycles. The highest BCUT2D eigenvalue weighted by molar-refractivity contribution is 5.44. The molecule has 0 aliphatic carbocycles. The van der Waals surface area contributed by atoms with E-state index in [1.807, 2.05) is 32.3 Å². The van der Waals surface area contributed by atoms with Crippen molar-refractivity contribution in [3.63, 3.8) is 0 Å². The van der Waals surface area contributed by atoms with Gasteiger partial charge >= 0.3 is 0 Å². The molecule has 2 N–H and O–H groups in total. The number of methoxy groups -OCH3 is 2. The second kappa shape index (κ2) is 5.59. The Labute approximate surface area is 110 Å². The van der Waals surface area contributed by atoms with Crippen molar-refractivity contribution in [1.29, 1.82) is 0 Å². The summed E-state index contributed by atoms with van der Waals surface area (Å²) in [6, 6.07) is 5.71. The highest BCUT2D eigenvalue weighted by atomic mass is 16.5. The Morgan fingerprint density at radius 2 is 1.67 bits per heavy atom. The topological polar surface area (TPSA) is 47.7 Å². The molecule has 1 aromatic carbocycles. The zero-order valence-corrected chi connectivity index (χ0v) is 12.2. The lowest BCUT2D eigenvalue weighted by atomic mass is 9.88. The fourth-order valence-corrected chi connectivity index (χ4v) is 1.73. The maximum Gasteiger partial charge on any atom is 0.161 e. The van der Waals surface area contributed by atoms with Gasteiger partial charge in [-0.15, -0.1) is 0 Å². The normalized spacial score (nSPS) is 13.6. The maximum atomic E-state index is 6.35. The molecule has 0 heterocycles. The third-order valence-corrected chi connectivity index (χ3v) is 3.68. The molecule has 0 amide bonds. The highest BCUT2D eigenvalue weighted by Crippen LogP contribution is 2.33. The molecule has 102 valence electrons. The predicted octanol–water partition coefficient (Wildman–Crippen LogP) is 2.04. The first-order valence-electron chi connectivity index (χ1n) is 5.99. The van der Waals surface area contributed by atoms with Gasteiger partial charge in [0.25, 0.3) is 0 Å². The molecule has 4 heteroatoms. The monoisotopic (exact) mass is 252 g/mol. The van der Waals surface area contributed by atoms with Gasteiger partial charge in [-0.25, -0.2) is 0 Å². The Bertz CT molecular complexity index is 403. The Balaban J connectivity index is 3.11. The van der Waals surface area contributed by atoms with Crippen LogP contribution in [0.5, 0.6) is 11.5 Å². The van der Waals surface area contributed by atoms with Gasteiger partial charge in [-0.3, -0.25) is 0 Å². The lowest BCUT2D eigenvalue weighted by Crippen LogP contribution is -2.47. The van der Waals surface area contributed by atoms with Gasteiger partial charge in [-0.1, -0.05) is 6.07 Å². The van der Waals surface area contributed by atoms with Crippen LogP contribution in [0, 0.1) is 0 Å². The molecule has 0 aliphatic heterocycles. The SMILES string of the molecule is COc1ccc(C(N)C(C)(C)N(C)C)cc1OC. The van der Waals surface area contributed by atoms with E-state index in [4.69, 9.17) is 15.2 Å². The van der Waals surface area contributed by atoms with Crippen LogP contribution in [0.1, 0.15) is 25.5 Å². The number of nitrogens with two attached hydrogens (primary N) is 1. The van der Waals surface area contributed by atoms with E-state index in [9.17, 15) is 0 Å². The number of likely N-dealkylation sites (N-methyl/N-ethyl adjacent to an activating group) is 1. The summed E-state index contributed by atoms with van der Waals surface area (Å²) >= 11 is 0. The molecule has 0 saturated heterocycles. The van der Waals surface area contributed by atoms with Crippen LogP contribution in [0.4, 0.5) is 0 Å². The van der Waals surface area contributed by atoms with Crippen molar-refractivity contribution in [1.82, 2.24) is 4.90 Å². The summed E-state index contributed by atoms with van der Waals surface area (Å²) in [7, 11) is 7.31. The molecule has 0 spiro atoms. The van der Waals surface area contributed by atoms with Gasteiger partial charge in [0.1, 0.15) is 0 Å². The van der Waals surface area contributed by atoms with Crippen LogP contribution in [0.2, 0.25) is 0 Å². The zero-order chi connectivity index (χ0) is 13.9. The Morgan fingerprint density at radius 3 is 2.11 bits per heavy atom. The molecular weight excluding hydrogens is 228 g/mol. The molecule has 0 fully saturated rings. The molecule has 0 bridgehead atoms. The second-order valence-corrected chi connectivity index (χ2v) is 5.14. The average molecular weight is 252 g/mol. The van der Waals surface area contributed by atoms with E-state index in [1.165, 1.54) is 0 Å². The second-order valence-electron chi connectivity index (χ2n) is 5.14. The standard InChI is InChI=1S/C14H24N2O2/c1-14(2,16(3)4)13(15)10-7-8-11(17-5)12(9-10)18-6/h7-9,13H,15H2,1-6H3. The molecule has 1 rings (SSSR count). The number of hydrogen-bond donors (Lipinski definition) is 1. The maximum absolute atomic E-state index is 6.35. The van der Waals surface area contributed by atoms with Crippen LogP contribution in [0.3, 0.4) is 0 Å². The molecule has 1 atom stereocenters. The van der Waals surface area contributed by atoms with Crippen molar-refractivity contribution in [3.8, 4) is 11.5 Å². The largest absolute Gasteiger partial charge is 0.493 e. The minimum absolute atomic E-state index is 0.104. The third-order valence-electron chi connectivity index (χ3n) is 3.68. The van der Waals surface area contributed by atoms with E-state index in [0.29, 0.717) is 5.75 Å². The van der Waals surface area contributed by atoms with Crippen LogP contribution in [-0.4, -0.2) is 38.8 Å². The summed E-state index contributed by atoms with van der Waals surface area (Å²) in [6.07, 6.45) is 0. The lowest BCUT2D eigenvalue weighted by molar-refractivity contribution is 0.158. The van der Waals surface area contributed by atoms with Gasteiger partial charge in [0.2, 0.25) is 0 Å². The van der Waals surface area contributed by atoms with Gasteiger partial charge in [-0.05, 0) is 45.6 Å². The smallest absolute Gasteiger partial charge is 0.161 e. The first-order valence-corrected chi connectivity index (χ1v) is 5.99. The van der Waals surface area contributed by atoms with Gasteiger partial charge in [0, 0.05) is 11.6 Å². The fraction of sp³-hybridized carbons (Fsp3) is 0.571. The summed E-state index contributed by atoms with van der Waals surface area (Å²) < 4.78 is 10.5. The van der Waals surface area contributed by atoms with Gasteiger partial charge in [0.05, 0.1) is 14.2 Å². The number of benzene rings is 1. The van der Waals surface area contributed by atoms with E-state index in [-0.39, 0.29) is 11.6 Å². The van der Waals surface area contributed by atoms with E-state index < -0.39 is 0 Å². The molecule has 0 radical (unpaired) electrons. The quantitative estimate of drug-likeness (QED) is 0.871. The molecule has 4 nitrogen and oxygen atoms in total. The van der Waals surface area contributed by atoms with Crippen LogP contribution < -0.4 is 15.2 Å². The summed E-state index contributed by atoms with van der Waals surface area (Å²) in [5.41, 5.74) is 7.25. The van der Waals surface area contributed by atoms with Crippen molar-refractivity contribution >= 4 is 0 Å². The fourth-order valence-electron chi connectivity index (χ4n) is 1.73. The highest BCUT2D eigenvalue weighted by Gasteiger charge is 2.30. The first-order chi connectivity index (χ1) is 8.34. The van der Waals surface area contributed by atoms with Crippen molar-refractivity contribution in [2.24, 2.45) is 5.73 Å². The van der Waals surface area contributed by atoms with E-state index >= 15 is 0 Å². The van der Waals surface area contributed by atoms with E-state index in [1.54, 1.807) is 14.2 Å². The van der Waals surface area contributed by atoms with Gasteiger partial charge in [-0.2, -0.15) is 0 Å². The minimum Gasteiger partial charge on any atom is -0.493 e. The Morgan fingerprint density at radius 1 is 1.11 bits per heavy atom. The molecule has 1 unspecified atom stereocenters. The van der Waals surface area contributed by atoms with Crippen LogP contribution in [-0.2, 0) is 0 Å². The third kappa shape index (κ3) is 2.76. The lowest BCUT2D eigenvalue weighted by Gasteiger charge is -2.38. The summed E-state index contributed by atoms with van der Waals surface area (Å²) in [5, 5.41) is 0. The summed E-state index contributed by atoms with van der Waals surface area (Å²) in [4.78, 5) is 2.12. The number of nitrogens with zero attached hydrogens (tertiary/aromatic N) is 1. The summed E-state index contributed by atoms with van der Waals surface area (Å²) in [5.74, 6) is 1.43. The summed E-state index contributed by atoms with van der Waals surface area (Å²) in [6.45, 7) is 4.24. The van der Waals surface area contributed by atoms with Crippen molar-refractivity contribution in [3.05, 3.63) is 23.8 Å². The molecule has 0 aliphatic rings. The van der Waals surface area contributed by atoms with Crippen LogP contribution >= 0.6 is 0 Å². The Kier molecular flexibility index (Phi) is 4.59. The number of ether oxygens (including phenoxy) is 2. The van der Waals surface area contributed by atoms with E-state index in [2.05, 4.69) is 18.7 Å². The zero-order valence-electron chi connectivity index (χ0n) is 12.2. The van der Waals surface area contributed by atoms with Crippen molar-refractivity contribution in [2.75, 3.05) is 28.3 Å². The number of rotatable bonds is 5. The van der Waals surface area contributed by atoms with E-state index in [0.717, 1.165) is 11.3 Å². The van der Waals surface area contributed by atoms with Crippen molar-refractivity contribution in [2.45, 2.75) is 25.4 Å². The molecule has 0 saturated carbocycles. The number of hydrogen-bond acceptors (Lipinski definition) is 4.